The van der Waals surface area contributed by atoms with Crippen LogP contribution < -0.4 is 4.90 Å². The van der Waals surface area contributed by atoms with Crippen molar-refractivity contribution in [3.63, 3.8) is 0 Å². The number of ketones is 1. The molecule has 3 amide bonds. The molecule has 2 aliphatic carbocycles. The molecule has 2 unspecified atom stereocenters. The van der Waals surface area contributed by atoms with E-state index >= 15 is 0 Å². The third kappa shape index (κ3) is 3.72. The zero-order valence-corrected chi connectivity index (χ0v) is 18.0. The van der Waals surface area contributed by atoms with Gasteiger partial charge in [0.2, 0.25) is 0 Å². The number of fused-ring (bicyclic) bond motifs is 2. The Morgan fingerprint density at radius 3 is 2.60 bits per heavy atom. The summed E-state index contributed by atoms with van der Waals surface area (Å²) in [5.74, 6) is 2.23. The number of anilines is 1. The lowest BCUT2D eigenvalue weighted by molar-refractivity contribution is -0.118. The molecule has 30 heavy (non-hydrogen) atoms. The van der Waals surface area contributed by atoms with Crippen molar-refractivity contribution in [1.82, 2.24) is 9.80 Å². The molecule has 6 nitrogen and oxygen atoms in total. The number of hydrogen-bond donors (Lipinski definition) is 0. The van der Waals surface area contributed by atoms with Crippen LogP contribution in [0.25, 0.3) is 0 Å². The van der Waals surface area contributed by atoms with E-state index in [9.17, 15) is 14.4 Å². The Bertz CT molecular complexity index is 884. The van der Waals surface area contributed by atoms with Gasteiger partial charge in [0.05, 0.1) is 0 Å². The van der Waals surface area contributed by atoms with Crippen molar-refractivity contribution in [2.24, 2.45) is 17.8 Å². The van der Waals surface area contributed by atoms with Gasteiger partial charge in [-0.15, -0.1) is 0 Å². The normalized spacial score (nSPS) is 27.4. The molecule has 1 saturated heterocycles. The maximum atomic E-state index is 13.3. The van der Waals surface area contributed by atoms with E-state index in [2.05, 4.69) is 0 Å². The zero-order chi connectivity index (χ0) is 21.0. The van der Waals surface area contributed by atoms with Crippen LogP contribution in [0.15, 0.2) is 18.2 Å². The molecule has 2 aliphatic heterocycles. The topological polar surface area (TPSA) is 60.9 Å². The Hall–Kier alpha value is -2.37. The number of carbonyl (C=O) groups is 3. The Morgan fingerprint density at radius 2 is 1.90 bits per heavy atom. The van der Waals surface area contributed by atoms with Crippen molar-refractivity contribution in [2.45, 2.75) is 51.5 Å². The predicted molar refractivity (Wildman–Crippen MR) is 115 cm³/mol. The second-order valence-corrected chi connectivity index (χ2v) is 9.88. The van der Waals surface area contributed by atoms with Crippen LogP contribution in [0.3, 0.4) is 0 Å². The molecule has 5 rings (SSSR count). The highest BCUT2D eigenvalue weighted by Gasteiger charge is 2.48. The quantitative estimate of drug-likeness (QED) is 0.766. The smallest absolute Gasteiger partial charge is 0.324 e. The maximum absolute atomic E-state index is 13.3. The van der Waals surface area contributed by atoms with Crippen LogP contribution in [-0.4, -0.2) is 60.2 Å². The number of hydrogen-bond acceptors (Lipinski definition) is 3. The monoisotopic (exact) mass is 409 g/mol. The van der Waals surface area contributed by atoms with Gasteiger partial charge in [-0.1, -0.05) is 12.8 Å². The summed E-state index contributed by atoms with van der Waals surface area (Å²) in [6.07, 6.45) is 5.50. The Kier molecular flexibility index (Phi) is 4.83. The van der Waals surface area contributed by atoms with Gasteiger partial charge >= 0.3 is 6.03 Å². The van der Waals surface area contributed by atoms with Gasteiger partial charge in [-0.25, -0.2) is 4.79 Å². The molecular formula is C24H31N3O3. The van der Waals surface area contributed by atoms with E-state index in [1.807, 2.05) is 37.1 Å². The van der Waals surface area contributed by atoms with Gasteiger partial charge < -0.3 is 9.80 Å². The summed E-state index contributed by atoms with van der Waals surface area (Å²) in [6.45, 7) is 4.38. The summed E-state index contributed by atoms with van der Waals surface area (Å²) in [6, 6.07) is 5.36. The molecule has 1 aromatic carbocycles. The fraction of sp³-hybridized carbons (Fsp3) is 0.625. The van der Waals surface area contributed by atoms with Gasteiger partial charge in [0.25, 0.3) is 5.91 Å². The standard InChI is InChI=1S/C24H31N3O3/c1-15-9-21(28)12-18-10-17(23(29)25(2)8-7-16-3-4-16)5-6-22(18)27(15)24(30)26-13-19-11-20(19)14-26/h5-6,10,15-16,19-20H,3-4,7-9,11-14H2,1-2H3/t15-,19?,20?/m1/s1. The number of urea groups is 1. The predicted octanol–water partition coefficient (Wildman–Crippen LogP) is 3.34. The van der Waals surface area contributed by atoms with Crippen LogP contribution in [0, 0.1) is 17.8 Å². The first kappa shape index (κ1) is 19.6. The number of likely N-dealkylation sites (tertiary alicyclic amines) is 1. The lowest BCUT2D eigenvalue weighted by atomic mass is 10.0. The Morgan fingerprint density at radius 1 is 1.17 bits per heavy atom. The van der Waals surface area contributed by atoms with Crippen LogP contribution in [0.4, 0.5) is 10.5 Å². The van der Waals surface area contributed by atoms with Gasteiger partial charge in [-0.3, -0.25) is 14.5 Å². The van der Waals surface area contributed by atoms with Crippen molar-refractivity contribution in [3.05, 3.63) is 29.3 Å². The van der Waals surface area contributed by atoms with Gasteiger partial charge in [0, 0.05) is 56.8 Å². The fourth-order valence-corrected chi connectivity index (χ4v) is 5.14. The lowest BCUT2D eigenvalue weighted by Crippen LogP contribution is -2.47. The van der Waals surface area contributed by atoms with E-state index in [0.717, 1.165) is 43.2 Å². The highest BCUT2D eigenvalue weighted by Crippen LogP contribution is 2.45. The van der Waals surface area contributed by atoms with Crippen molar-refractivity contribution >= 4 is 23.4 Å². The summed E-state index contributed by atoms with van der Waals surface area (Å²) < 4.78 is 0. The molecule has 3 atom stereocenters. The maximum Gasteiger partial charge on any atom is 0.324 e. The molecule has 1 aromatic rings. The summed E-state index contributed by atoms with van der Waals surface area (Å²) in [7, 11) is 1.85. The average Bonchev–Trinajstić information content (AvgIpc) is 3.65. The van der Waals surface area contributed by atoms with Gasteiger partial charge in [0.1, 0.15) is 5.78 Å². The number of piperidine rings is 1. The van der Waals surface area contributed by atoms with Crippen LogP contribution in [0.5, 0.6) is 0 Å². The van der Waals surface area contributed by atoms with Gasteiger partial charge in [0.15, 0.2) is 0 Å². The van der Waals surface area contributed by atoms with Gasteiger partial charge in [-0.05, 0) is 61.3 Å². The highest BCUT2D eigenvalue weighted by atomic mass is 16.2. The van der Waals surface area contributed by atoms with Gasteiger partial charge in [-0.2, -0.15) is 0 Å². The molecule has 0 aromatic heterocycles. The minimum absolute atomic E-state index is 0.00581. The zero-order valence-electron chi connectivity index (χ0n) is 18.0. The molecule has 160 valence electrons. The number of nitrogens with zero attached hydrogens (tertiary/aromatic N) is 3. The molecule has 2 heterocycles. The molecule has 0 bridgehead atoms. The van der Waals surface area contributed by atoms with E-state index in [-0.39, 0.29) is 30.2 Å². The van der Waals surface area contributed by atoms with Crippen LogP contribution >= 0.6 is 0 Å². The first-order chi connectivity index (χ1) is 14.4. The molecule has 0 N–H and O–H groups in total. The lowest BCUT2D eigenvalue weighted by Gasteiger charge is -2.33. The molecule has 6 heteroatoms. The Labute approximate surface area is 178 Å². The fourth-order valence-electron chi connectivity index (χ4n) is 5.14. The molecule has 0 spiro atoms. The first-order valence-electron chi connectivity index (χ1n) is 11.4. The number of rotatable bonds is 4. The average molecular weight is 410 g/mol. The SMILES string of the molecule is C[C@@H]1CC(=O)Cc2cc(C(=O)N(C)CCC3CC3)ccc2N1C(=O)N1CC2CC2C1. The number of Topliss-reactive ketones (excluding diaryl/α,β-unsaturated/α-hetero) is 1. The minimum Gasteiger partial charge on any atom is -0.342 e. The number of amides is 3. The van der Waals surface area contributed by atoms with E-state index in [4.69, 9.17) is 0 Å². The van der Waals surface area contributed by atoms with Crippen molar-refractivity contribution in [1.29, 1.82) is 0 Å². The first-order valence-corrected chi connectivity index (χ1v) is 11.4. The van der Waals surface area contributed by atoms with Crippen LogP contribution in [0.1, 0.15) is 54.9 Å². The third-order valence-corrected chi connectivity index (χ3v) is 7.31. The molecule has 3 fully saturated rings. The van der Waals surface area contributed by atoms with Crippen LogP contribution in [0.2, 0.25) is 0 Å². The van der Waals surface area contributed by atoms with Crippen molar-refractivity contribution in [3.8, 4) is 0 Å². The summed E-state index contributed by atoms with van der Waals surface area (Å²) in [5, 5.41) is 0. The number of benzene rings is 1. The second kappa shape index (κ2) is 7.40. The number of carbonyl (C=O) groups excluding carboxylic acids is 3. The van der Waals surface area contributed by atoms with Crippen molar-refractivity contribution < 1.29 is 14.4 Å². The highest BCUT2D eigenvalue weighted by molar-refractivity contribution is 6.00. The third-order valence-electron chi connectivity index (χ3n) is 7.31. The van der Waals surface area contributed by atoms with Crippen LogP contribution in [-0.2, 0) is 11.2 Å². The largest absolute Gasteiger partial charge is 0.342 e. The van der Waals surface area contributed by atoms with E-state index in [1.54, 1.807) is 9.80 Å². The second-order valence-electron chi connectivity index (χ2n) is 9.88. The van der Waals surface area contributed by atoms with E-state index in [1.165, 1.54) is 19.3 Å². The Balaban J connectivity index is 1.39. The summed E-state index contributed by atoms with van der Waals surface area (Å²) >= 11 is 0. The summed E-state index contributed by atoms with van der Waals surface area (Å²) in [4.78, 5) is 44.3. The van der Waals surface area contributed by atoms with Crippen molar-refractivity contribution in [2.75, 3.05) is 31.6 Å². The summed E-state index contributed by atoms with van der Waals surface area (Å²) in [5.41, 5.74) is 2.18. The minimum atomic E-state index is -0.175. The molecule has 2 saturated carbocycles. The van der Waals surface area contributed by atoms with E-state index in [0.29, 0.717) is 23.8 Å². The molecule has 0 radical (unpaired) electrons. The molecule has 4 aliphatic rings. The van der Waals surface area contributed by atoms with E-state index < -0.39 is 0 Å². The molecular weight excluding hydrogens is 378 g/mol.